The van der Waals surface area contributed by atoms with E-state index >= 15 is 0 Å². The summed E-state index contributed by atoms with van der Waals surface area (Å²) in [4.78, 5) is 26.2. The maximum absolute atomic E-state index is 12.4. The van der Waals surface area contributed by atoms with Gasteiger partial charge in [-0.2, -0.15) is 0 Å². The fourth-order valence-electron chi connectivity index (χ4n) is 3.53. The summed E-state index contributed by atoms with van der Waals surface area (Å²) in [7, 11) is 1.77. The molecule has 1 aromatic carbocycles. The number of aryl methyl sites for hydroxylation is 2. The van der Waals surface area contributed by atoms with Gasteiger partial charge in [0.05, 0.1) is 0 Å². The van der Waals surface area contributed by atoms with E-state index in [-0.39, 0.29) is 11.5 Å². The molecule has 1 aromatic heterocycles. The Hall–Kier alpha value is -2.36. The molecule has 1 aliphatic rings. The largest absolute Gasteiger partial charge is 0.343 e. The smallest absolute Gasteiger partial charge is 0.250 e. The number of carbonyl (C=O) groups excluding carboxylic acids is 1. The lowest BCUT2D eigenvalue weighted by Gasteiger charge is -2.32. The van der Waals surface area contributed by atoms with Crippen LogP contribution in [-0.2, 0) is 18.3 Å². The zero-order valence-corrected chi connectivity index (χ0v) is 14.9. The number of amides is 1. The molecule has 0 aliphatic carbocycles. The van der Waals surface area contributed by atoms with Gasteiger partial charge in [0.2, 0.25) is 5.91 Å². The van der Waals surface area contributed by atoms with Gasteiger partial charge in [-0.15, -0.1) is 0 Å². The van der Waals surface area contributed by atoms with Crippen molar-refractivity contribution in [3.63, 3.8) is 0 Å². The summed E-state index contributed by atoms with van der Waals surface area (Å²) in [5, 5.41) is 0. The summed E-state index contributed by atoms with van der Waals surface area (Å²) in [6.45, 7) is 1.59. The second kappa shape index (κ2) is 8.15. The molecule has 0 spiro atoms. The number of carbonyl (C=O) groups is 1. The van der Waals surface area contributed by atoms with Gasteiger partial charge in [-0.05, 0) is 48.8 Å². The van der Waals surface area contributed by atoms with Gasteiger partial charge in [-0.1, -0.05) is 30.3 Å². The van der Waals surface area contributed by atoms with Crippen LogP contribution in [0, 0.1) is 0 Å². The second-order valence-corrected chi connectivity index (χ2v) is 6.90. The Morgan fingerprint density at radius 1 is 1.12 bits per heavy atom. The SMILES string of the molecule is Cn1ccc(C2CCN(C(=O)CCCc3ccccc3)CC2)cc1=O. The van der Waals surface area contributed by atoms with Gasteiger partial charge in [0.1, 0.15) is 0 Å². The zero-order valence-electron chi connectivity index (χ0n) is 14.9. The number of aromatic nitrogens is 1. The van der Waals surface area contributed by atoms with Crippen molar-refractivity contribution < 1.29 is 4.79 Å². The highest BCUT2D eigenvalue weighted by Crippen LogP contribution is 2.27. The molecular formula is C21H26N2O2. The van der Waals surface area contributed by atoms with E-state index in [4.69, 9.17) is 0 Å². The first-order valence-electron chi connectivity index (χ1n) is 9.12. The summed E-state index contributed by atoms with van der Waals surface area (Å²) in [6.07, 6.45) is 6.19. The molecule has 0 saturated carbocycles. The third kappa shape index (κ3) is 4.59. The number of hydrogen-bond donors (Lipinski definition) is 0. The minimum Gasteiger partial charge on any atom is -0.343 e. The molecule has 2 heterocycles. The molecule has 3 rings (SSSR count). The average molecular weight is 338 g/mol. The molecule has 1 saturated heterocycles. The van der Waals surface area contributed by atoms with Gasteiger partial charge in [-0.3, -0.25) is 9.59 Å². The van der Waals surface area contributed by atoms with Crippen molar-refractivity contribution in [1.82, 2.24) is 9.47 Å². The Labute approximate surface area is 149 Å². The molecule has 1 fully saturated rings. The summed E-state index contributed by atoms with van der Waals surface area (Å²) < 4.78 is 1.59. The third-order valence-corrected chi connectivity index (χ3v) is 5.15. The molecule has 4 heteroatoms. The predicted octanol–water partition coefficient (Wildman–Crippen LogP) is 3.11. The van der Waals surface area contributed by atoms with E-state index in [0.717, 1.165) is 44.3 Å². The molecule has 1 amide bonds. The highest BCUT2D eigenvalue weighted by atomic mass is 16.2. The Balaban J connectivity index is 1.45. The third-order valence-electron chi connectivity index (χ3n) is 5.15. The van der Waals surface area contributed by atoms with Crippen LogP contribution < -0.4 is 5.56 Å². The van der Waals surface area contributed by atoms with Crippen LogP contribution in [0.3, 0.4) is 0 Å². The van der Waals surface area contributed by atoms with Crippen LogP contribution in [-0.4, -0.2) is 28.5 Å². The van der Waals surface area contributed by atoms with Crippen LogP contribution in [0.1, 0.15) is 42.7 Å². The van der Waals surface area contributed by atoms with Crippen molar-refractivity contribution >= 4 is 5.91 Å². The fraction of sp³-hybridized carbons (Fsp3) is 0.429. The van der Waals surface area contributed by atoms with Crippen molar-refractivity contribution in [1.29, 1.82) is 0 Å². The first-order chi connectivity index (χ1) is 12.1. The fourth-order valence-corrected chi connectivity index (χ4v) is 3.53. The van der Waals surface area contributed by atoms with Gasteiger partial charge >= 0.3 is 0 Å². The molecule has 0 N–H and O–H groups in total. The van der Waals surface area contributed by atoms with Crippen LogP contribution in [0.5, 0.6) is 0 Å². The standard InChI is InChI=1S/C21H26N2O2/c1-22-13-10-19(16-21(22)25)18-11-14-23(15-12-18)20(24)9-5-8-17-6-3-2-4-7-17/h2-4,6-7,10,13,16,18H,5,8-9,11-12,14-15H2,1H3. The molecule has 0 atom stereocenters. The van der Waals surface area contributed by atoms with Crippen molar-refractivity contribution in [2.75, 3.05) is 13.1 Å². The monoisotopic (exact) mass is 338 g/mol. The molecule has 0 unspecified atom stereocenters. The topological polar surface area (TPSA) is 42.3 Å². The Morgan fingerprint density at radius 3 is 2.52 bits per heavy atom. The molecular weight excluding hydrogens is 312 g/mol. The van der Waals surface area contributed by atoms with E-state index in [1.165, 1.54) is 5.56 Å². The van der Waals surface area contributed by atoms with Crippen LogP contribution in [0.2, 0.25) is 0 Å². The number of rotatable bonds is 5. The van der Waals surface area contributed by atoms with Gasteiger partial charge in [0.15, 0.2) is 0 Å². The van der Waals surface area contributed by atoms with E-state index in [2.05, 4.69) is 12.1 Å². The van der Waals surface area contributed by atoms with E-state index in [0.29, 0.717) is 12.3 Å². The lowest BCUT2D eigenvalue weighted by molar-refractivity contribution is -0.132. The maximum atomic E-state index is 12.4. The van der Waals surface area contributed by atoms with E-state index < -0.39 is 0 Å². The average Bonchev–Trinajstić information content (AvgIpc) is 2.65. The van der Waals surface area contributed by atoms with Crippen molar-refractivity contribution in [3.05, 3.63) is 70.1 Å². The summed E-state index contributed by atoms with van der Waals surface area (Å²) in [6, 6.07) is 14.1. The molecule has 0 radical (unpaired) electrons. The molecule has 1 aliphatic heterocycles. The number of likely N-dealkylation sites (tertiary alicyclic amines) is 1. The van der Waals surface area contributed by atoms with Gasteiger partial charge in [-0.25, -0.2) is 0 Å². The number of benzene rings is 1. The van der Waals surface area contributed by atoms with Crippen molar-refractivity contribution in [2.24, 2.45) is 7.05 Å². The Bertz CT molecular complexity index is 759. The summed E-state index contributed by atoms with van der Waals surface area (Å²) in [5.74, 6) is 0.653. The minimum absolute atomic E-state index is 0.0388. The lowest BCUT2D eigenvalue weighted by atomic mass is 9.90. The highest BCUT2D eigenvalue weighted by Gasteiger charge is 2.23. The van der Waals surface area contributed by atoms with Crippen LogP contribution in [0.25, 0.3) is 0 Å². The van der Waals surface area contributed by atoms with Gasteiger partial charge in [0.25, 0.3) is 5.56 Å². The Morgan fingerprint density at radius 2 is 1.84 bits per heavy atom. The molecule has 4 nitrogen and oxygen atoms in total. The molecule has 25 heavy (non-hydrogen) atoms. The van der Waals surface area contributed by atoms with E-state index in [1.807, 2.05) is 35.4 Å². The quantitative estimate of drug-likeness (QED) is 0.841. The highest BCUT2D eigenvalue weighted by molar-refractivity contribution is 5.76. The molecule has 0 bridgehead atoms. The van der Waals surface area contributed by atoms with Crippen molar-refractivity contribution in [3.8, 4) is 0 Å². The summed E-state index contributed by atoms with van der Waals surface area (Å²) >= 11 is 0. The van der Waals surface area contributed by atoms with E-state index in [1.54, 1.807) is 17.7 Å². The first-order valence-corrected chi connectivity index (χ1v) is 9.12. The number of nitrogens with zero attached hydrogens (tertiary/aromatic N) is 2. The maximum Gasteiger partial charge on any atom is 0.250 e. The predicted molar refractivity (Wildman–Crippen MR) is 99.6 cm³/mol. The second-order valence-electron chi connectivity index (χ2n) is 6.90. The zero-order chi connectivity index (χ0) is 17.6. The van der Waals surface area contributed by atoms with Crippen LogP contribution >= 0.6 is 0 Å². The normalized spacial score (nSPS) is 15.3. The summed E-state index contributed by atoms with van der Waals surface area (Å²) in [5.41, 5.74) is 2.44. The van der Waals surface area contributed by atoms with E-state index in [9.17, 15) is 9.59 Å². The molecule has 2 aromatic rings. The van der Waals surface area contributed by atoms with Crippen LogP contribution in [0.4, 0.5) is 0 Å². The minimum atomic E-state index is 0.0388. The lowest BCUT2D eigenvalue weighted by Crippen LogP contribution is -2.38. The Kier molecular flexibility index (Phi) is 5.69. The first kappa shape index (κ1) is 17.5. The van der Waals surface area contributed by atoms with Gasteiger partial charge < -0.3 is 9.47 Å². The van der Waals surface area contributed by atoms with Crippen LogP contribution in [0.15, 0.2) is 53.5 Å². The number of pyridine rings is 1. The van der Waals surface area contributed by atoms with Gasteiger partial charge in [0, 0.05) is 38.8 Å². The number of hydrogen-bond acceptors (Lipinski definition) is 2. The van der Waals surface area contributed by atoms with Crippen molar-refractivity contribution in [2.45, 2.75) is 38.0 Å². The number of piperidine rings is 1. The molecule has 132 valence electrons.